The molecule has 0 radical (unpaired) electrons. The van der Waals surface area contributed by atoms with Gasteiger partial charge in [0.1, 0.15) is 0 Å². The highest BCUT2D eigenvalue weighted by Crippen LogP contribution is 2.48. The Labute approximate surface area is 104 Å². The lowest BCUT2D eigenvalue weighted by Crippen LogP contribution is -2.41. The molecule has 1 heterocycles. The largest absolute Gasteiger partial charge is 0.348 e. The molecule has 3 fully saturated rings. The van der Waals surface area contributed by atoms with Gasteiger partial charge in [-0.3, -0.25) is 0 Å². The van der Waals surface area contributed by atoms with Gasteiger partial charge in [-0.05, 0) is 51.4 Å². The first-order chi connectivity index (χ1) is 8.19. The van der Waals surface area contributed by atoms with Crippen molar-refractivity contribution < 1.29 is 9.47 Å². The minimum absolute atomic E-state index is 0.177. The van der Waals surface area contributed by atoms with Crippen molar-refractivity contribution >= 4 is 0 Å². The highest BCUT2D eigenvalue weighted by molar-refractivity contribution is 5.14. The van der Waals surface area contributed by atoms with E-state index in [1.807, 2.05) is 0 Å². The first-order valence-corrected chi connectivity index (χ1v) is 7.12. The summed E-state index contributed by atoms with van der Waals surface area (Å²) in [5.74, 6) is 1.56. The summed E-state index contributed by atoms with van der Waals surface area (Å²) in [5.41, 5.74) is 3.27. The van der Waals surface area contributed by atoms with Crippen LogP contribution in [0.1, 0.15) is 52.4 Å². The van der Waals surface area contributed by atoms with Crippen molar-refractivity contribution in [3.63, 3.8) is 0 Å². The second kappa shape index (κ2) is 4.40. The number of ether oxygens (including phenoxy) is 2. The monoisotopic (exact) mass is 236 g/mol. The van der Waals surface area contributed by atoms with Crippen LogP contribution in [0.4, 0.5) is 0 Å². The number of rotatable bonds is 0. The molecule has 1 aliphatic heterocycles. The fourth-order valence-electron chi connectivity index (χ4n) is 3.91. The van der Waals surface area contributed by atoms with Gasteiger partial charge >= 0.3 is 0 Å². The first-order valence-electron chi connectivity index (χ1n) is 7.12. The Hall–Kier alpha value is -0.340. The van der Waals surface area contributed by atoms with E-state index in [9.17, 15) is 0 Å². The van der Waals surface area contributed by atoms with E-state index in [-0.39, 0.29) is 5.79 Å². The Kier molecular flexibility index (Phi) is 3.04. The van der Waals surface area contributed by atoms with Crippen LogP contribution in [-0.4, -0.2) is 19.0 Å². The van der Waals surface area contributed by atoms with Gasteiger partial charge in [-0.2, -0.15) is 0 Å². The smallest absolute Gasteiger partial charge is 0.168 e. The zero-order chi connectivity index (χ0) is 11.9. The van der Waals surface area contributed by atoms with Crippen molar-refractivity contribution in [2.45, 2.75) is 58.2 Å². The SMILES string of the molecule is CC(C)=C1CCC2CC3(CCC2C1)OCCO3. The topological polar surface area (TPSA) is 18.5 Å². The third kappa shape index (κ3) is 2.17. The molecule has 96 valence electrons. The number of allylic oxidation sites excluding steroid dienone is 2. The Bertz CT molecular complexity index is 322. The van der Waals surface area contributed by atoms with Gasteiger partial charge in [0.25, 0.3) is 0 Å². The Morgan fingerprint density at radius 1 is 1.12 bits per heavy atom. The molecule has 0 amide bonds. The van der Waals surface area contributed by atoms with Gasteiger partial charge in [0.2, 0.25) is 0 Å². The molecule has 2 nitrogen and oxygen atoms in total. The van der Waals surface area contributed by atoms with Crippen LogP contribution in [-0.2, 0) is 9.47 Å². The Morgan fingerprint density at radius 2 is 1.88 bits per heavy atom. The summed E-state index contributed by atoms with van der Waals surface area (Å²) in [4.78, 5) is 0. The molecule has 17 heavy (non-hydrogen) atoms. The van der Waals surface area contributed by atoms with E-state index >= 15 is 0 Å². The highest BCUT2D eigenvalue weighted by atomic mass is 16.7. The molecule has 1 saturated heterocycles. The van der Waals surface area contributed by atoms with Crippen molar-refractivity contribution in [1.82, 2.24) is 0 Å². The van der Waals surface area contributed by atoms with E-state index < -0.39 is 0 Å². The maximum atomic E-state index is 5.87. The average molecular weight is 236 g/mol. The standard InChI is InChI=1S/C15H24O2/c1-11(2)12-3-4-14-10-15(16-7-8-17-15)6-5-13(14)9-12/h13-14H,3-10H2,1-2H3. The van der Waals surface area contributed by atoms with Crippen LogP contribution in [0, 0.1) is 11.8 Å². The highest BCUT2D eigenvalue weighted by Gasteiger charge is 2.45. The molecular formula is C15H24O2. The second-order valence-corrected chi connectivity index (χ2v) is 6.22. The van der Waals surface area contributed by atoms with E-state index in [0.717, 1.165) is 37.9 Å². The van der Waals surface area contributed by atoms with E-state index in [4.69, 9.17) is 9.47 Å². The van der Waals surface area contributed by atoms with E-state index in [1.165, 1.54) is 25.7 Å². The lowest BCUT2D eigenvalue weighted by molar-refractivity contribution is -0.196. The molecule has 0 aromatic heterocycles. The fourth-order valence-corrected chi connectivity index (χ4v) is 3.91. The van der Waals surface area contributed by atoms with Crippen LogP contribution < -0.4 is 0 Å². The summed E-state index contributed by atoms with van der Waals surface area (Å²) in [7, 11) is 0. The maximum Gasteiger partial charge on any atom is 0.168 e. The lowest BCUT2D eigenvalue weighted by atomic mass is 9.67. The summed E-state index contributed by atoms with van der Waals surface area (Å²) in [6.45, 7) is 6.14. The van der Waals surface area contributed by atoms with Gasteiger partial charge in [-0.25, -0.2) is 0 Å². The van der Waals surface area contributed by atoms with E-state index in [0.29, 0.717) is 0 Å². The lowest BCUT2D eigenvalue weighted by Gasteiger charge is -2.44. The minimum Gasteiger partial charge on any atom is -0.348 e. The molecule has 3 rings (SSSR count). The van der Waals surface area contributed by atoms with Crippen molar-refractivity contribution in [2.75, 3.05) is 13.2 Å². The van der Waals surface area contributed by atoms with Gasteiger partial charge < -0.3 is 9.47 Å². The number of hydrogen-bond acceptors (Lipinski definition) is 2. The van der Waals surface area contributed by atoms with Gasteiger partial charge in [0.05, 0.1) is 13.2 Å². The Balaban J connectivity index is 1.69. The molecule has 2 atom stereocenters. The van der Waals surface area contributed by atoms with E-state index in [2.05, 4.69) is 13.8 Å². The third-order valence-corrected chi connectivity index (χ3v) is 4.98. The molecule has 0 aromatic rings. The number of hydrogen-bond donors (Lipinski definition) is 0. The molecule has 0 aromatic carbocycles. The van der Waals surface area contributed by atoms with Crippen LogP contribution in [0.5, 0.6) is 0 Å². The average Bonchev–Trinajstić information content (AvgIpc) is 2.76. The van der Waals surface area contributed by atoms with Crippen molar-refractivity contribution in [1.29, 1.82) is 0 Å². The summed E-state index contributed by atoms with van der Waals surface area (Å²) in [5, 5.41) is 0. The van der Waals surface area contributed by atoms with Gasteiger partial charge in [-0.1, -0.05) is 11.1 Å². The van der Waals surface area contributed by atoms with Gasteiger partial charge in [0.15, 0.2) is 5.79 Å². The second-order valence-electron chi connectivity index (χ2n) is 6.22. The molecule has 3 aliphatic rings. The first kappa shape index (κ1) is 11.7. The quantitative estimate of drug-likeness (QED) is 0.597. The zero-order valence-corrected chi connectivity index (χ0v) is 11.1. The van der Waals surface area contributed by atoms with Gasteiger partial charge in [0, 0.05) is 12.8 Å². The van der Waals surface area contributed by atoms with Crippen LogP contribution in [0.25, 0.3) is 0 Å². The number of fused-ring (bicyclic) bond motifs is 1. The molecule has 1 spiro atoms. The molecule has 2 aliphatic carbocycles. The molecule has 0 N–H and O–H groups in total. The predicted molar refractivity (Wildman–Crippen MR) is 67.7 cm³/mol. The van der Waals surface area contributed by atoms with E-state index in [1.54, 1.807) is 11.1 Å². The minimum atomic E-state index is -0.177. The fraction of sp³-hybridized carbons (Fsp3) is 0.867. The normalized spacial score (nSPS) is 36.0. The van der Waals surface area contributed by atoms with Gasteiger partial charge in [-0.15, -0.1) is 0 Å². The van der Waals surface area contributed by atoms with Crippen molar-refractivity contribution in [3.05, 3.63) is 11.1 Å². The molecule has 2 unspecified atom stereocenters. The van der Waals surface area contributed by atoms with Crippen LogP contribution in [0.3, 0.4) is 0 Å². The van der Waals surface area contributed by atoms with Crippen LogP contribution >= 0.6 is 0 Å². The maximum absolute atomic E-state index is 5.87. The Morgan fingerprint density at radius 3 is 2.59 bits per heavy atom. The molecule has 2 saturated carbocycles. The molecular weight excluding hydrogens is 212 g/mol. The molecule has 0 bridgehead atoms. The summed E-state index contributed by atoms with van der Waals surface area (Å²) < 4.78 is 11.7. The molecule has 2 heteroatoms. The van der Waals surface area contributed by atoms with Crippen LogP contribution in [0.15, 0.2) is 11.1 Å². The summed E-state index contributed by atoms with van der Waals surface area (Å²) in [6, 6.07) is 0. The summed E-state index contributed by atoms with van der Waals surface area (Å²) >= 11 is 0. The summed E-state index contributed by atoms with van der Waals surface area (Å²) in [6.07, 6.45) is 7.54. The van der Waals surface area contributed by atoms with Crippen molar-refractivity contribution in [3.8, 4) is 0 Å². The zero-order valence-electron chi connectivity index (χ0n) is 11.1. The van der Waals surface area contributed by atoms with Crippen molar-refractivity contribution in [2.24, 2.45) is 11.8 Å². The van der Waals surface area contributed by atoms with Crippen LogP contribution in [0.2, 0.25) is 0 Å². The third-order valence-electron chi connectivity index (χ3n) is 4.98. The predicted octanol–water partition coefficient (Wildman–Crippen LogP) is 3.67.